The van der Waals surface area contributed by atoms with Crippen molar-refractivity contribution in [1.82, 2.24) is 19.9 Å². The van der Waals surface area contributed by atoms with Crippen molar-refractivity contribution in [3.8, 4) is 5.69 Å². The van der Waals surface area contributed by atoms with E-state index < -0.39 is 6.10 Å². The normalized spacial score (nSPS) is 13.6. The number of hydrogen-bond acceptors (Lipinski definition) is 4. The molecule has 0 bridgehead atoms. The molecule has 2 N–H and O–H groups in total. The summed E-state index contributed by atoms with van der Waals surface area (Å²) in [4.78, 5) is 8.21. The van der Waals surface area contributed by atoms with Crippen molar-refractivity contribution >= 4 is 0 Å². The summed E-state index contributed by atoms with van der Waals surface area (Å²) in [6, 6.07) is 12.2. The van der Waals surface area contributed by atoms with Gasteiger partial charge in [0.1, 0.15) is 5.82 Å². The Bertz CT molecular complexity index is 768. The summed E-state index contributed by atoms with van der Waals surface area (Å²) in [5, 5.41) is 13.6. The molecule has 0 spiro atoms. The molecule has 0 aliphatic carbocycles. The zero-order valence-corrected chi connectivity index (χ0v) is 13.9. The van der Waals surface area contributed by atoms with Crippen LogP contribution in [0, 0.1) is 6.92 Å². The van der Waals surface area contributed by atoms with Crippen molar-refractivity contribution in [2.24, 2.45) is 0 Å². The highest BCUT2D eigenvalue weighted by molar-refractivity contribution is 5.36. The molecule has 5 heteroatoms. The lowest BCUT2D eigenvalue weighted by molar-refractivity contribution is 0.170. The zero-order chi connectivity index (χ0) is 16.9. The molecule has 1 aromatic carbocycles. The van der Waals surface area contributed by atoms with E-state index in [-0.39, 0.29) is 6.04 Å². The van der Waals surface area contributed by atoms with E-state index in [0.717, 1.165) is 17.1 Å². The first-order valence-electron chi connectivity index (χ1n) is 8.07. The van der Waals surface area contributed by atoms with Crippen molar-refractivity contribution < 1.29 is 5.11 Å². The first-order valence-corrected chi connectivity index (χ1v) is 8.07. The van der Waals surface area contributed by atoms with Crippen LogP contribution in [0.15, 0.2) is 61.2 Å². The minimum absolute atomic E-state index is 0.152. The average molecular weight is 322 g/mol. The number of nitrogens with one attached hydrogen (secondary N) is 1. The first kappa shape index (κ1) is 16.4. The highest BCUT2D eigenvalue weighted by Crippen LogP contribution is 2.18. The van der Waals surface area contributed by atoms with E-state index in [1.807, 2.05) is 25.3 Å². The molecule has 2 unspecified atom stereocenters. The van der Waals surface area contributed by atoms with Gasteiger partial charge in [0.15, 0.2) is 0 Å². The van der Waals surface area contributed by atoms with Gasteiger partial charge in [-0.15, -0.1) is 0 Å². The van der Waals surface area contributed by atoms with Gasteiger partial charge >= 0.3 is 0 Å². The van der Waals surface area contributed by atoms with Crippen LogP contribution in [0.3, 0.4) is 0 Å². The van der Waals surface area contributed by atoms with Gasteiger partial charge in [-0.05, 0) is 49.2 Å². The van der Waals surface area contributed by atoms with Gasteiger partial charge in [-0.1, -0.05) is 12.1 Å². The monoisotopic (exact) mass is 322 g/mol. The lowest BCUT2D eigenvalue weighted by atomic mass is 10.1. The molecule has 0 saturated carbocycles. The number of hydrogen-bond donors (Lipinski definition) is 2. The Morgan fingerprint density at radius 1 is 1.04 bits per heavy atom. The minimum Gasteiger partial charge on any atom is -0.387 e. The van der Waals surface area contributed by atoms with Crippen LogP contribution in [-0.4, -0.2) is 26.2 Å². The van der Waals surface area contributed by atoms with Crippen molar-refractivity contribution in [3.05, 3.63) is 78.1 Å². The van der Waals surface area contributed by atoms with E-state index >= 15 is 0 Å². The van der Waals surface area contributed by atoms with Gasteiger partial charge in [0.05, 0.1) is 6.10 Å². The van der Waals surface area contributed by atoms with Gasteiger partial charge in [0.25, 0.3) is 0 Å². The predicted octanol–water partition coefficient (Wildman–Crippen LogP) is 2.96. The highest BCUT2D eigenvalue weighted by Gasteiger charge is 2.11. The van der Waals surface area contributed by atoms with E-state index in [9.17, 15) is 5.11 Å². The smallest absolute Gasteiger partial charge is 0.110 e. The van der Waals surface area contributed by atoms with Crippen LogP contribution in [0.1, 0.15) is 36.0 Å². The maximum absolute atomic E-state index is 10.2. The highest BCUT2D eigenvalue weighted by atomic mass is 16.3. The summed E-state index contributed by atoms with van der Waals surface area (Å²) in [6.07, 6.45) is 6.60. The van der Waals surface area contributed by atoms with Gasteiger partial charge in [-0.2, -0.15) is 0 Å². The first-order chi connectivity index (χ1) is 11.6. The summed E-state index contributed by atoms with van der Waals surface area (Å²) < 4.78 is 2.05. The minimum atomic E-state index is -0.539. The van der Waals surface area contributed by atoms with Gasteiger partial charge in [0, 0.05) is 43.1 Å². The molecule has 0 aliphatic heterocycles. The summed E-state index contributed by atoms with van der Waals surface area (Å²) >= 11 is 0. The van der Waals surface area contributed by atoms with Crippen LogP contribution in [0.25, 0.3) is 5.69 Å². The second-order valence-electron chi connectivity index (χ2n) is 5.86. The number of benzene rings is 1. The topological polar surface area (TPSA) is 63.0 Å². The summed E-state index contributed by atoms with van der Waals surface area (Å²) in [5.41, 5.74) is 3.15. The molecule has 0 saturated heterocycles. The van der Waals surface area contributed by atoms with E-state index in [0.29, 0.717) is 6.54 Å². The Balaban J connectivity index is 1.61. The zero-order valence-electron chi connectivity index (χ0n) is 13.9. The quantitative estimate of drug-likeness (QED) is 0.732. The maximum Gasteiger partial charge on any atom is 0.110 e. The SMILES string of the molecule is Cc1nccn1-c1ccc(C(C)NCC(O)c2ccncc2)cc1. The number of aliphatic hydroxyl groups excluding tert-OH is 1. The third-order valence-corrected chi connectivity index (χ3v) is 4.21. The molecule has 0 aliphatic rings. The van der Waals surface area contributed by atoms with Crippen LogP contribution >= 0.6 is 0 Å². The van der Waals surface area contributed by atoms with Crippen LogP contribution < -0.4 is 5.32 Å². The van der Waals surface area contributed by atoms with Crippen molar-refractivity contribution in [1.29, 1.82) is 0 Å². The van der Waals surface area contributed by atoms with E-state index in [4.69, 9.17) is 0 Å². The molecule has 2 aromatic heterocycles. The number of aryl methyl sites for hydroxylation is 1. The number of aliphatic hydroxyl groups is 1. The fourth-order valence-electron chi connectivity index (χ4n) is 2.68. The molecule has 0 fully saturated rings. The molecular weight excluding hydrogens is 300 g/mol. The molecule has 124 valence electrons. The molecule has 2 heterocycles. The van der Waals surface area contributed by atoms with Crippen LogP contribution in [0.2, 0.25) is 0 Å². The van der Waals surface area contributed by atoms with E-state index in [1.54, 1.807) is 18.6 Å². The fourth-order valence-corrected chi connectivity index (χ4v) is 2.68. The van der Waals surface area contributed by atoms with Crippen LogP contribution in [-0.2, 0) is 0 Å². The van der Waals surface area contributed by atoms with Crippen molar-refractivity contribution in [3.63, 3.8) is 0 Å². The Morgan fingerprint density at radius 2 is 1.75 bits per heavy atom. The molecule has 2 atom stereocenters. The molecule has 3 aromatic rings. The Kier molecular flexibility index (Phi) is 5.03. The lowest BCUT2D eigenvalue weighted by Gasteiger charge is -2.18. The third kappa shape index (κ3) is 3.69. The van der Waals surface area contributed by atoms with Gasteiger partial charge in [0.2, 0.25) is 0 Å². The third-order valence-electron chi connectivity index (χ3n) is 4.21. The summed E-state index contributed by atoms with van der Waals surface area (Å²) in [6.45, 7) is 4.57. The number of imidazole rings is 1. The molecule has 3 rings (SSSR count). The van der Waals surface area contributed by atoms with Gasteiger partial charge in [-0.25, -0.2) is 4.98 Å². The summed E-state index contributed by atoms with van der Waals surface area (Å²) in [7, 11) is 0. The number of rotatable bonds is 6. The molecule has 0 radical (unpaired) electrons. The van der Waals surface area contributed by atoms with Crippen molar-refractivity contribution in [2.45, 2.75) is 26.0 Å². The van der Waals surface area contributed by atoms with Gasteiger partial charge < -0.3 is 15.0 Å². The molecule has 24 heavy (non-hydrogen) atoms. The van der Waals surface area contributed by atoms with E-state index in [1.165, 1.54) is 5.56 Å². The Hall–Kier alpha value is -2.50. The second-order valence-corrected chi connectivity index (χ2v) is 5.86. The number of pyridine rings is 1. The second kappa shape index (κ2) is 7.38. The van der Waals surface area contributed by atoms with Crippen LogP contribution in [0.4, 0.5) is 0 Å². The van der Waals surface area contributed by atoms with E-state index in [2.05, 4.69) is 51.0 Å². The maximum atomic E-state index is 10.2. The van der Waals surface area contributed by atoms with Crippen molar-refractivity contribution in [2.75, 3.05) is 6.54 Å². The fraction of sp³-hybridized carbons (Fsp3) is 0.263. The largest absolute Gasteiger partial charge is 0.387 e. The lowest BCUT2D eigenvalue weighted by Crippen LogP contribution is -2.24. The van der Waals surface area contributed by atoms with Crippen LogP contribution in [0.5, 0.6) is 0 Å². The number of nitrogens with zero attached hydrogens (tertiary/aromatic N) is 3. The molecule has 5 nitrogen and oxygen atoms in total. The molecule has 0 amide bonds. The summed E-state index contributed by atoms with van der Waals surface area (Å²) in [5.74, 6) is 0.967. The Morgan fingerprint density at radius 3 is 2.38 bits per heavy atom. The molecular formula is C19H22N4O. The predicted molar refractivity (Wildman–Crippen MR) is 93.9 cm³/mol. The standard InChI is InChI=1S/C19H22N4O/c1-14(22-13-19(24)17-7-9-20-10-8-17)16-3-5-18(6-4-16)23-12-11-21-15(23)2/h3-12,14,19,22,24H,13H2,1-2H3. The Labute approximate surface area is 142 Å². The number of aromatic nitrogens is 3. The van der Waals surface area contributed by atoms with Gasteiger partial charge in [-0.3, -0.25) is 4.98 Å². The average Bonchev–Trinajstić information content (AvgIpc) is 3.06.